The van der Waals surface area contributed by atoms with Crippen molar-refractivity contribution in [2.24, 2.45) is 17.3 Å². The van der Waals surface area contributed by atoms with Gasteiger partial charge < -0.3 is 0 Å². The van der Waals surface area contributed by atoms with Crippen LogP contribution in [0.5, 0.6) is 0 Å². The van der Waals surface area contributed by atoms with Gasteiger partial charge in [-0.25, -0.2) is 0 Å². The fourth-order valence-corrected chi connectivity index (χ4v) is 7.27. The zero-order chi connectivity index (χ0) is 28.7. The van der Waals surface area contributed by atoms with E-state index in [0.29, 0.717) is 35.1 Å². The van der Waals surface area contributed by atoms with Crippen LogP contribution in [-0.4, -0.2) is 48.0 Å². The van der Waals surface area contributed by atoms with Crippen LogP contribution in [0.4, 0.5) is 11.4 Å². The molecule has 0 heterocycles. The first kappa shape index (κ1) is 30.9. The number of amides is 2. The molecule has 0 bridgehead atoms. The molecule has 2 amide bonds. The van der Waals surface area contributed by atoms with E-state index in [1.54, 1.807) is 12.1 Å². The molecule has 2 aromatic carbocycles. The number of carbonyl (C=O) groups is 3. The van der Waals surface area contributed by atoms with Gasteiger partial charge in [-0.05, 0) is 0 Å². The van der Waals surface area contributed by atoms with Crippen molar-refractivity contribution in [1.29, 1.82) is 0 Å². The van der Waals surface area contributed by atoms with Crippen molar-refractivity contribution in [3.8, 4) is 0 Å². The standard InChI is InChI=1S/C30H42IN4O4/c1-20-10-13-24(14-11-20)31-34(5)26-15-12-22(17-25(26)32)27(37)28(30(2,3)4)33-29(38)23(18-35(39)19-36)16-21-8-6-7-9-21/h10-15,17,19,21,23,28,39H,6-9,16,18,32H2,1-5H3,(H,33,38)/q-1. The van der Waals surface area contributed by atoms with Gasteiger partial charge in [0.25, 0.3) is 0 Å². The second-order valence-electron chi connectivity index (χ2n) is 11.6. The monoisotopic (exact) mass is 649 g/mol. The molecule has 0 saturated heterocycles. The van der Waals surface area contributed by atoms with E-state index < -0.39 is 38.9 Å². The maximum absolute atomic E-state index is 13.7. The molecule has 9 heteroatoms. The van der Waals surface area contributed by atoms with E-state index in [4.69, 9.17) is 5.73 Å². The van der Waals surface area contributed by atoms with Crippen molar-refractivity contribution in [2.75, 3.05) is 22.4 Å². The van der Waals surface area contributed by atoms with Crippen molar-refractivity contribution >= 4 is 29.5 Å². The van der Waals surface area contributed by atoms with E-state index in [2.05, 4.69) is 39.6 Å². The van der Waals surface area contributed by atoms with Crippen molar-refractivity contribution in [3.63, 3.8) is 0 Å². The number of nitrogen functional groups attached to an aromatic ring is 1. The summed E-state index contributed by atoms with van der Waals surface area (Å²) in [6.07, 6.45) is 5.19. The zero-order valence-electron chi connectivity index (χ0n) is 23.6. The summed E-state index contributed by atoms with van der Waals surface area (Å²) in [5.41, 5.74) is 8.88. The molecule has 0 aromatic heterocycles. The number of ketones is 1. The van der Waals surface area contributed by atoms with E-state index in [-0.39, 0.29) is 18.2 Å². The van der Waals surface area contributed by atoms with Crippen molar-refractivity contribution in [1.82, 2.24) is 10.4 Å². The van der Waals surface area contributed by atoms with E-state index in [9.17, 15) is 19.6 Å². The molecule has 2 atom stereocenters. The van der Waals surface area contributed by atoms with Crippen LogP contribution in [-0.2, 0) is 9.59 Å². The normalized spacial score (nSPS) is 15.5. The van der Waals surface area contributed by atoms with Gasteiger partial charge >= 0.3 is 202 Å². The molecular formula is C30H42IN4O4-. The van der Waals surface area contributed by atoms with Gasteiger partial charge in [0.1, 0.15) is 0 Å². The van der Waals surface area contributed by atoms with Crippen molar-refractivity contribution < 1.29 is 41.1 Å². The number of hydrogen-bond donors (Lipinski definition) is 3. The molecule has 0 aliphatic heterocycles. The van der Waals surface area contributed by atoms with E-state index in [1.807, 2.05) is 33.9 Å². The molecule has 1 aliphatic carbocycles. The molecule has 2 unspecified atom stereocenters. The Bertz CT molecular complexity index is 1140. The first-order valence-corrected chi connectivity index (χ1v) is 15.5. The average Bonchev–Trinajstić information content (AvgIpc) is 3.40. The summed E-state index contributed by atoms with van der Waals surface area (Å²) in [5, 5.41) is 13.3. The van der Waals surface area contributed by atoms with Gasteiger partial charge in [-0.3, -0.25) is 10.0 Å². The summed E-state index contributed by atoms with van der Waals surface area (Å²) in [5.74, 6) is -0.784. The fraction of sp³-hybridized carbons (Fsp3) is 0.500. The van der Waals surface area contributed by atoms with Crippen LogP contribution < -0.4 is 35.6 Å². The molecule has 0 spiro atoms. The number of Topliss-reactive ketones (excluding diaryl/α,β-unsaturated/α-hetero) is 1. The molecule has 3 rings (SSSR count). The van der Waals surface area contributed by atoms with Gasteiger partial charge in [-0.2, -0.15) is 0 Å². The summed E-state index contributed by atoms with van der Waals surface area (Å²) in [6.45, 7) is 7.68. The first-order valence-electron chi connectivity index (χ1n) is 13.5. The number of nitrogens with one attached hydrogen (secondary N) is 1. The molecule has 39 heavy (non-hydrogen) atoms. The quantitative estimate of drug-likeness (QED) is 0.0613. The minimum atomic E-state index is -0.803. The third kappa shape index (κ3) is 8.66. The van der Waals surface area contributed by atoms with Gasteiger partial charge in [0.2, 0.25) is 6.41 Å². The van der Waals surface area contributed by atoms with E-state index in [1.165, 1.54) is 9.13 Å². The number of aryl methyl sites for hydroxylation is 1. The molecule has 1 aliphatic rings. The number of rotatable bonds is 12. The predicted octanol–water partition coefficient (Wildman–Crippen LogP) is 1.64. The van der Waals surface area contributed by atoms with E-state index in [0.717, 1.165) is 31.4 Å². The number of hydrogen-bond acceptors (Lipinski definition) is 6. The SMILES string of the molecule is Cc1ccc([I-]N(C)c2ccc(C(=O)C(NC(=O)C(CC3CCCC3)CN(O)C=O)C(C)(C)C)cc2N)cc1. The first-order chi connectivity index (χ1) is 18.4. The fourth-order valence-electron chi connectivity index (χ4n) is 5.05. The number of anilines is 2. The summed E-state index contributed by atoms with van der Waals surface area (Å²) >= 11 is -0.475. The molecule has 214 valence electrons. The van der Waals surface area contributed by atoms with Crippen LogP contribution in [0.25, 0.3) is 0 Å². The molecule has 1 fully saturated rings. The summed E-state index contributed by atoms with van der Waals surface area (Å²) in [7, 11) is 2.01. The molecule has 1 saturated carbocycles. The molecule has 4 N–H and O–H groups in total. The topological polar surface area (TPSA) is 116 Å². The molecular weight excluding hydrogens is 607 g/mol. The number of halogens is 1. The molecule has 8 nitrogen and oxygen atoms in total. The third-order valence-electron chi connectivity index (χ3n) is 7.29. The molecule has 0 radical (unpaired) electrons. The summed E-state index contributed by atoms with van der Waals surface area (Å²) in [6, 6.07) is 13.0. The Morgan fingerprint density at radius 3 is 2.36 bits per heavy atom. The predicted molar refractivity (Wildman–Crippen MR) is 149 cm³/mol. The van der Waals surface area contributed by atoms with Crippen LogP contribution in [0, 0.1) is 27.7 Å². The van der Waals surface area contributed by atoms with Crippen molar-refractivity contribution in [3.05, 3.63) is 57.2 Å². The minimum absolute atomic E-state index is 0.102. The van der Waals surface area contributed by atoms with Gasteiger partial charge in [-0.1, -0.05) is 25.7 Å². The van der Waals surface area contributed by atoms with Gasteiger partial charge in [0.05, 0.1) is 0 Å². The van der Waals surface area contributed by atoms with Crippen LogP contribution in [0.2, 0.25) is 0 Å². The zero-order valence-corrected chi connectivity index (χ0v) is 25.8. The summed E-state index contributed by atoms with van der Waals surface area (Å²) < 4.78 is 3.41. The Kier molecular flexibility index (Phi) is 10.8. The third-order valence-corrected chi connectivity index (χ3v) is 9.81. The van der Waals surface area contributed by atoms with Crippen LogP contribution >= 0.6 is 0 Å². The Labute approximate surface area is 242 Å². The molecule has 2 aromatic rings. The summed E-state index contributed by atoms with van der Waals surface area (Å²) in [4.78, 5) is 38.2. The number of carbonyl (C=O) groups excluding carboxylic acids is 3. The second kappa shape index (κ2) is 13.6. The van der Waals surface area contributed by atoms with Crippen LogP contribution in [0.3, 0.4) is 0 Å². The number of hydroxylamine groups is 2. The Morgan fingerprint density at radius 1 is 1.15 bits per heavy atom. The number of nitrogens with zero attached hydrogens (tertiary/aromatic N) is 2. The second-order valence-corrected chi connectivity index (χ2v) is 14.8. The van der Waals surface area contributed by atoms with Gasteiger partial charge in [-0.15, -0.1) is 0 Å². The van der Waals surface area contributed by atoms with Crippen LogP contribution in [0.15, 0.2) is 42.5 Å². The average molecular weight is 650 g/mol. The Hall–Kier alpha value is -2.66. The Balaban J connectivity index is 1.77. The van der Waals surface area contributed by atoms with Crippen LogP contribution in [0.1, 0.15) is 68.8 Å². The van der Waals surface area contributed by atoms with E-state index >= 15 is 0 Å². The van der Waals surface area contributed by atoms with Gasteiger partial charge in [0, 0.05) is 0 Å². The maximum atomic E-state index is 13.7. The number of benzene rings is 2. The van der Waals surface area contributed by atoms with Crippen molar-refractivity contribution in [2.45, 2.75) is 65.8 Å². The Morgan fingerprint density at radius 2 is 1.79 bits per heavy atom. The number of nitrogens with two attached hydrogens (primary N) is 1. The van der Waals surface area contributed by atoms with Gasteiger partial charge in [0.15, 0.2) is 0 Å².